The van der Waals surface area contributed by atoms with Crippen molar-refractivity contribution in [3.05, 3.63) is 42.4 Å². The van der Waals surface area contributed by atoms with Crippen LogP contribution in [0, 0.1) is 0 Å². The van der Waals surface area contributed by atoms with E-state index in [1.165, 1.54) is 6.33 Å². The van der Waals surface area contributed by atoms with E-state index in [0.29, 0.717) is 13.2 Å². The Morgan fingerprint density at radius 1 is 1.30 bits per heavy atom. The zero-order valence-corrected chi connectivity index (χ0v) is 14.2. The number of aryl methyl sites for hydroxylation is 1. The maximum atomic E-state index is 12.8. The van der Waals surface area contributed by atoms with E-state index < -0.39 is 10.0 Å². The van der Waals surface area contributed by atoms with Crippen LogP contribution >= 0.6 is 0 Å². The first-order valence-electron chi connectivity index (χ1n) is 7.75. The number of hydrogen-bond acceptors (Lipinski definition) is 4. The van der Waals surface area contributed by atoms with E-state index in [0.717, 1.165) is 24.2 Å². The predicted molar refractivity (Wildman–Crippen MR) is 86.7 cm³/mol. The largest absolute Gasteiger partial charge is 0.494 e. The molecule has 7 heteroatoms. The van der Waals surface area contributed by atoms with Gasteiger partial charge in [-0.15, -0.1) is 0 Å². The molecule has 1 atom stereocenters. The molecular weight excluding hydrogens is 314 g/mol. The summed E-state index contributed by atoms with van der Waals surface area (Å²) in [5, 5.41) is 0.109. The Bertz CT molecular complexity index is 768. The molecule has 124 valence electrons. The van der Waals surface area contributed by atoms with Crippen LogP contribution in [-0.4, -0.2) is 35.4 Å². The third-order valence-corrected chi connectivity index (χ3v) is 5.83. The van der Waals surface area contributed by atoms with Gasteiger partial charge in [-0.2, -0.15) is 4.31 Å². The van der Waals surface area contributed by atoms with Crippen molar-refractivity contribution in [1.82, 2.24) is 13.9 Å². The molecule has 2 aromatic rings. The van der Waals surface area contributed by atoms with Gasteiger partial charge in [0.1, 0.15) is 5.75 Å². The molecule has 0 N–H and O–H groups in total. The fraction of sp³-hybridized carbons (Fsp3) is 0.438. The summed E-state index contributed by atoms with van der Waals surface area (Å²) in [7, 11) is -1.80. The molecule has 0 amide bonds. The van der Waals surface area contributed by atoms with Gasteiger partial charge in [-0.3, -0.25) is 0 Å². The predicted octanol–water partition coefficient (Wildman–Crippen LogP) is 2.34. The Morgan fingerprint density at radius 3 is 2.65 bits per heavy atom. The molecular formula is C16H21N3O3S. The lowest BCUT2D eigenvalue weighted by atomic mass is 10.1. The average molecular weight is 335 g/mol. The first-order chi connectivity index (χ1) is 11.0. The Morgan fingerprint density at radius 2 is 2.04 bits per heavy atom. The highest BCUT2D eigenvalue weighted by Gasteiger charge is 2.37. The number of sulfonamides is 1. The van der Waals surface area contributed by atoms with Crippen molar-refractivity contribution in [2.75, 3.05) is 13.2 Å². The quantitative estimate of drug-likeness (QED) is 0.841. The molecule has 2 heterocycles. The van der Waals surface area contributed by atoms with Crippen LogP contribution < -0.4 is 4.74 Å². The summed E-state index contributed by atoms with van der Waals surface area (Å²) in [6, 6.07) is 7.53. The second-order valence-electron chi connectivity index (χ2n) is 5.65. The molecule has 3 rings (SSSR count). The van der Waals surface area contributed by atoms with Crippen LogP contribution in [0.25, 0.3) is 0 Å². The van der Waals surface area contributed by atoms with Crippen LogP contribution in [0.5, 0.6) is 5.75 Å². The van der Waals surface area contributed by atoms with Gasteiger partial charge >= 0.3 is 0 Å². The Kier molecular flexibility index (Phi) is 4.41. The van der Waals surface area contributed by atoms with E-state index in [-0.39, 0.29) is 11.1 Å². The maximum absolute atomic E-state index is 12.8. The monoisotopic (exact) mass is 335 g/mol. The van der Waals surface area contributed by atoms with Gasteiger partial charge in [-0.1, -0.05) is 12.1 Å². The van der Waals surface area contributed by atoms with Crippen molar-refractivity contribution in [2.45, 2.75) is 30.8 Å². The van der Waals surface area contributed by atoms with Crippen molar-refractivity contribution in [1.29, 1.82) is 0 Å². The zero-order chi connectivity index (χ0) is 16.4. The Hall–Kier alpha value is -1.86. The number of imidazole rings is 1. The third kappa shape index (κ3) is 3.11. The van der Waals surface area contributed by atoms with E-state index in [1.54, 1.807) is 22.1 Å². The highest BCUT2D eigenvalue weighted by Crippen LogP contribution is 2.36. The summed E-state index contributed by atoms with van der Waals surface area (Å²) in [5.41, 5.74) is 0.991. The molecule has 1 aliphatic heterocycles. The number of ether oxygens (including phenoxy) is 1. The van der Waals surface area contributed by atoms with Gasteiger partial charge in [0.2, 0.25) is 0 Å². The normalized spacial score (nSPS) is 19.1. The summed E-state index contributed by atoms with van der Waals surface area (Å²) < 4.78 is 34.3. The molecule has 1 aliphatic rings. The SMILES string of the molecule is CCOc1ccc([C@@H]2CCCN2S(=O)(=O)c2cn(C)cn2)cc1. The van der Waals surface area contributed by atoms with E-state index in [9.17, 15) is 8.42 Å². The maximum Gasteiger partial charge on any atom is 0.262 e. The molecule has 0 unspecified atom stereocenters. The van der Waals surface area contributed by atoms with Gasteiger partial charge in [0, 0.05) is 19.8 Å². The molecule has 1 fully saturated rings. The molecule has 1 aromatic carbocycles. The highest BCUT2D eigenvalue weighted by molar-refractivity contribution is 7.89. The van der Waals surface area contributed by atoms with E-state index in [1.807, 2.05) is 31.2 Å². The van der Waals surface area contributed by atoms with Gasteiger partial charge in [0.25, 0.3) is 10.0 Å². The summed E-state index contributed by atoms with van der Waals surface area (Å²) in [6.45, 7) is 3.08. The first kappa shape index (κ1) is 16.0. The average Bonchev–Trinajstić information content (AvgIpc) is 3.18. The smallest absolute Gasteiger partial charge is 0.262 e. The molecule has 6 nitrogen and oxygen atoms in total. The molecule has 23 heavy (non-hydrogen) atoms. The summed E-state index contributed by atoms with van der Waals surface area (Å²) in [4.78, 5) is 4.01. The van der Waals surface area contributed by atoms with Gasteiger partial charge in [-0.25, -0.2) is 13.4 Å². The van der Waals surface area contributed by atoms with Gasteiger partial charge < -0.3 is 9.30 Å². The van der Waals surface area contributed by atoms with Crippen LogP contribution in [0.3, 0.4) is 0 Å². The molecule has 1 saturated heterocycles. The number of hydrogen-bond donors (Lipinski definition) is 0. The Balaban J connectivity index is 1.88. The minimum absolute atomic E-state index is 0.109. The van der Waals surface area contributed by atoms with Crippen LogP contribution in [0.1, 0.15) is 31.4 Å². The minimum Gasteiger partial charge on any atom is -0.494 e. The van der Waals surface area contributed by atoms with Crippen LogP contribution in [0.2, 0.25) is 0 Å². The molecule has 0 saturated carbocycles. The summed E-state index contributed by atoms with van der Waals surface area (Å²) in [5.74, 6) is 0.799. The fourth-order valence-corrected chi connectivity index (χ4v) is 4.61. The van der Waals surface area contributed by atoms with E-state index >= 15 is 0 Å². The molecule has 0 bridgehead atoms. The van der Waals surface area contributed by atoms with Crippen LogP contribution in [0.4, 0.5) is 0 Å². The van der Waals surface area contributed by atoms with Crippen LogP contribution in [-0.2, 0) is 17.1 Å². The number of rotatable bonds is 5. The summed E-state index contributed by atoms with van der Waals surface area (Å²) in [6.07, 6.45) is 4.72. The topological polar surface area (TPSA) is 64.4 Å². The minimum atomic E-state index is -3.57. The fourth-order valence-electron chi connectivity index (χ4n) is 2.96. The lowest BCUT2D eigenvalue weighted by Crippen LogP contribution is -2.31. The van der Waals surface area contributed by atoms with Crippen LogP contribution in [0.15, 0.2) is 41.8 Å². The number of nitrogens with zero attached hydrogens (tertiary/aromatic N) is 3. The summed E-state index contributed by atoms with van der Waals surface area (Å²) >= 11 is 0. The van der Waals surface area contributed by atoms with Crippen molar-refractivity contribution in [3.8, 4) is 5.75 Å². The van der Waals surface area contributed by atoms with Crippen molar-refractivity contribution in [2.24, 2.45) is 7.05 Å². The zero-order valence-electron chi connectivity index (χ0n) is 13.3. The second-order valence-corrected chi connectivity index (χ2v) is 7.49. The standard InChI is InChI=1S/C16H21N3O3S/c1-3-22-14-8-6-13(7-9-14)15-5-4-10-19(15)23(20,21)16-11-18(2)12-17-16/h6-9,11-12,15H,3-5,10H2,1-2H3/t15-/m0/s1. The van der Waals surface area contributed by atoms with Crippen molar-refractivity contribution >= 4 is 10.0 Å². The van der Waals surface area contributed by atoms with Crippen molar-refractivity contribution < 1.29 is 13.2 Å². The van der Waals surface area contributed by atoms with E-state index in [2.05, 4.69) is 4.98 Å². The van der Waals surface area contributed by atoms with Crippen molar-refractivity contribution in [3.63, 3.8) is 0 Å². The number of benzene rings is 1. The van der Waals surface area contributed by atoms with Gasteiger partial charge in [0.05, 0.1) is 19.0 Å². The van der Waals surface area contributed by atoms with Gasteiger partial charge in [0.15, 0.2) is 5.03 Å². The molecule has 0 spiro atoms. The highest BCUT2D eigenvalue weighted by atomic mass is 32.2. The molecule has 1 aromatic heterocycles. The third-order valence-electron chi connectivity index (χ3n) is 4.03. The second kappa shape index (κ2) is 6.33. The lowest BCUT2D eigenvalue weighted by molar-refractivity contribution is 0.339. The molecule has 0 radical (unpaired) electrons. The van der Waals surface area contributed by atoms with E-state index in [4.69, 9.17) is 4.74 Å². The number of aromatic nitrogens is 2. The van der Waals surface area contributed by atoms with Gasteiger partial charge in [-0.05, 0) is 37.5 Å². The lowest BCUT2D eigenvalue weighted by Gasteiger charge is -2.23. The first-order valence-corrected chi connectivity index (χ1v) is 9.19. The Labute approximate surface area is 136 Å². The molecule has 0 aliphatic carbocycles.